The first-order chi connectivity index (χ1) is 15.8. The second kappa shape index (κ2) is 10.7. The lowest BCUT2D eigenvalue weighted by Gasteiger charge is -2.31. The number of benzene rings is 1. The molecule has 1 aromatic carbocycles. The third-order valence-corrected chi connectivity index (χ3v) is 5.64. The van der Waals surface area contributed by atoms with Crippen LogP contribution in [0.25, 0.3) is 0 Å². The van der Waals surface area contributed by atoms with Crippen LogP contribution in [0.15, 0.2) is 54.9 Å². The Morgan fingerprint density at radius 1 is 1.03 bits per heavy atom. The number of pyridine rings is 2. The molecular formula is C25H28N6O. The van der Waals surface area contributed by atoms with Gasteiger partial charge in [-0.25, -0.2) is 4.98 Å². The van der Waals surface area contributed by atoms with Crippen molar-refractivity contribution >= 4 is 11.6 Å². The Bertz CT molecular complexity index is 1070. The monoisotopic (exact) mass is 428 g/mol. The van der Waals surface area contributed by atoms with E-state index < -0.39 is 0 Å². The van der Waals surface area contributed by atoms with E-state index in [1.54, 1.807) is 19.5 Å². The van der Waals surface area contributed by atoms with Gasteiger partial charge in [0.15, 0.2) is 0 Å². The first-order valence-corrected chi connectivity index (χ1v) is 10.9. The number of anilines is 2. The first-order valence-electron chi connectivity index (χ1n) is 10.9. The molecule has 32 heavy (non-hydrogen) atoms. The molecule has 3 aromatic rings. The van der Waals surface area contributed by atoms with E-state index >= 15 is 0 Å². The molecule has 0 saturated heterocycles. The zero-order valence-electron chi connectivity index (χ0n) is 18.3. The maximum Gasteiger partial charge on any atom is 0.146 e. The summed E-state index contributed by atoms with van der Waals surface area (Å²) >= 11 is 0. The molecule has 1 aliphatic heterocycles. The van der Waals surface area contributed by atoms with Crippen molar-refractivity contribution in [2.24, 2.45) is 0 Å². The van der Waals surface area contributed by atoms with Gasteiger partial charge in [0.05, 0.1) is 12.2 Å². The fourth-order valence-electron chi connectivity index (χ4n) is 4.02. The van der Waals surface area contributed by atoms with Crippen LogP contribution >= 0.6 is 0 Å². The number of aromatic nitrogens is 2. The van der Waals surface area contributed by atoms with E-state index in [0.717, 1.165) is 48.6 Å². The molecule has 2 aromatic heterocycles. The molecule has 0 aliphatic carbocycles. The maximum absolute atomic E-state index is 9.98. The Labute approximate surface area is 189 Å². The van der Waals surface area contributed by atoms with Gasteiger partial charge < -0.3 is 15.4 Å². The van der Waals surface area contributed by atoms with E-state index in [4.69, 9.17) is 9.72 Å². The predicted molar refractivity (Wildman–Crippen MR) is 125 cm³/mol. The average molecular weight is 429 g/mol. The molecule has 0 saturated carbocycles. The van der Waals surface area contributed by atoms with Gasteiger partial charge in [-0.2, -0.15) is 5.26 Å². The number of nitrogens with one attached hydrogen (secondary N) is 2. The van der Waals surface area contributed by atoms with Crippen LogP contribution in [0.4, 0.5) is 11.6 Å². The molecule has 0 spiro atoms. The van der Waals surface area contributed by atoms with Crippen molar-refractivity contribution in [1.82, 2.24) is 14.9 Å². The Morgan fingerprint density at radius 3 is 2.59 bits per heavy atom. The number of methoxy groups -OCH3 is 1. The summed E-state index contributed by atoms with van der Waals surface area (Å²) in [5, 5.41) is 16.8. The van der Waals surface area contributed by atoms with E-state index in [2.05, 4.69) is 50.9 Å². The van der Waals surface area contributed by atoms with Gasteiger partial charge in [-0.15, -0.1) is 0 Å². The molecule has 0 atom stereocenters. The minimum Gasteiger partial charge on any atom is -0.383 e. The van der Waals surface area contributed by atoms with Crippen LogP contribution in [0.3, 0.4) is 0 Å². The zero-order chi connectivity index (χ0) is 22.2. The van der Waals surface area contributed by atoms with Crippen LogP contribution < -0.4 is 10.6 Å². The Morgan fingerprint density at radius 2 is 1.84 bits per heavy atom. The SMILES string of the molecule is COCCNc1nc(NCc2ccncc2)c(C#N)c2c1CN(Cc1ccccc1)CC2. The van der Waals surface area contributed by atoms with Crippen molar-refractivity contribution in [3.63, 3.8) is 0 Å². The van der Waals surface area contributed by atoms with Crippen molar-refractivity contribution < 1.29 is 4.74 Å². The number of hydrogen-bond acceptors (Lipinski definition) is 7. The summed E-state index contributed by atoms with van der Waals surface area (Å²) in [5.41, 5.74) is 5.21. The molecule has 3 heterocycles. The van der Waals surface area contributed by atoms with Gasteiger partial charge in [-0.1, -0.05) is 30.3 Å². The summed E-state index contributed by atoms with van der Waals surface area (Å²) in [6.45, 7) is 4.37. The van der Waals surface area contributed by atoms with Crippen LogP contribution in [0.1, 0.15) is 27.8 Å². The predicted octanol–water partition coefficient (Wildman–Crippen LogP) is 3.58. The molecule has 0 bridgehead atoms. The second-order valence-electron chi connectivity index (χ2n) is 7.83. The summed E-state index contributed by atoms with van der Waals surface area (Å²) < 4.78 is 5.21. The minimum atomic E-state index is 0.584. The van der Waals surface area contributed by atoms with Gasteiger partial charge in [0.25, 0.3) is 0 Å². The van der Waals surface area contributed by atoms with Crippen molar-refractivity contribution in [3.05, 3.63) is 82.7 Å². The van der Waals surface area contributed by atoms with Gasteiger partial charge in [0.2, 0.25) is 0 Å². The van der Waals surface area contributed by atoms with E-state index in [1.807, 2.05) is 18.2 Å². The van der Waals surface area contributed by atoms with E-state index in [0.29, 0.717) is 31.1 Å². The van der Waals surface area contributed by atoms with Crippen molar-refractivity contribution in [1.29, 1.82) is 5.26 Å². The molecule has 164 valence electrons. The molecule has 7 nitrogen and oxygen atoms in total. The van der Waals surface area contributed by atoms with E-state index in [1.165, 1.54) is 5.56 Å². The van der Waals surface area contributed by atoms with Gasteiger partial charge in [0, 0.05) is 57.8 Å². The lowest BCUT2D eigenvalue weighted by Crippen LogP contribution is -2.32. The van der Waals surface area contributed by atoms with Crippen LogP contribution in [-0.2, 0) is 30.8 Å². The van der Waals surface area contributed by atoms with Gasteiger partial charge in [0.1, 0.15) is 17.7 Å². The number of fused-ring (bicyclic) bond motifs is 1. The fourth-order valence-corrected chi connectivity index (χ4v) is 4.02. The highest BCUT2D eigenvalue weighted by Gasteiger charge is 2.25. The molecule has 2 N–H and O–H groups in total. The van der Waals surface area contributed by atoms with Crippen LogP contribution in [0.2, 0.25) is 0 Å². The molecular weight excluding hydrogens is 400 g/mol. The molecule has 4 rings (SSSR count). The minimum absolute atomic E-state index is 0.584. The third-order valence-electron chi connectivity index (χ3n) is 5.64. The summed E-state index contributed by atoms with van der Waals surface area (Å²) in [6, 6.07) is 16.8. The Balaban J connectivity index is 1.61. The molecule has 1 aliphatic rings. The summed E-state index contributed by atoms with van der Waals surface area (Å²) in [4.78, 5) is 11.3. The van der Waals surface area contributed by atoms with E-state index in [-0.39, 0.29) is 0 Å². The molecule has 0 unspecified atom stereocenters. The number of ether oxygens (including phenoxy) is 1. The maximum atomic E-state index is 9.98. The first kappa shape index (κ1) is 21.8. The van der Waals surface area contributed by atoms with Gasteiger partial charge in [-0.05, 0) is 35.2 Å². The summed E-state index contributed by atoms with van der Waals surface area (Å²) in [6.07, 6.45) is 4.35. The second-order valence-corrected chi connectivity index (χ2v) is 7.83. The molecule has 0 radical (unpaired) electrons. The molecule has 0 amide bonds. The van der Waals surface area contributed by atoms with Crippen LogP contribution in [0, 0.1) is 11.3 Å². The Hall–Kier alpha value is -3.47. The smallest absolute Gasteiger partial charge is 0.146 e. The lowest BCUT2D eigenvalue weighted by molar-refractivity contribution is 0.210. The topological polar surface area (TPSA) is 86.1 Å². The largest absolute Gasteiger partial charge is 0.383 e. The van der Waals surface area contributed by atoms with Crippen molar-refractivity contribution in [2.75, 3.05) is 37.4 Å². The Kier molecular flexibility index (Phi) is 7.28. The van der Waals surface area contributed by atoms with Crippen LogP contribution in [0.5, 0.6) is 0 Å². The number of nitriles is 1. The average Bonchev–Trinajstić information content (AvgIpc) is 2.84. The number of rotatable bonds is 9. The van der Waals surface area contributed by atoms with Gasteiger partial charge in [-0.3, -0.25) is 9.88 Å². The number of nitrogens with zero attached hydrogens (tertiary/aromatic N) is 4. The van der Waals surface area contributed by atoms with Crippen molar-refractivity contribution in [3.8, 4) is 6.07 Å². The van der Waals surface area contributed by atoms with Gasteiger partial charge >= 0.3 is 0 Å². The van der Waals surface area contributed by atoms with Crippen LogP contribution in [-0.4, -0.2) is 41.7 Å². The van der Waals surface area contributed by atoms with Crippen molar-refractivity contribution in [2.45, 2.75) is 26.1 Å². The summed E-state index contributed by atoms with van der Waals surface area (Å²) in [5.74, 6) is 1.45. The highest BCUT2D eigenvalue weighted by molar-refractivity contribution is 5.66. The molecule has 7 heteroatoms. The highest BCUT2D eigenvalue weighted by atomic mass is 16.5. The lowest BCUT2D eigenvalue weighted by atomic mass is 9.95. The quantitative estimate of drug-likeness (QED) is 0.504. The standard InChI is InChI=1S/C25H28N6O/c1-32-14-12-28-25-23-18-31(17-20-5-3-2-4-6-20)13-9-21(23)22(15-26)24(30-25)29-16-19-7-10-27-11-8-19/h2-8,10-11H,9,12-14,16-18H2,1H3,(H2,28,29,30). The highest BCUT2D eigenvalue weighted by Crippen LogP contribution is 2.32. The number of hydrogen-bond donors (Lipinski definition) is 2. The summed E-state index contributed by atoms with van der Waals surface area (Å²) in [7, 11) is 1.69. The fraction of sp³-hybridized carbons (Fsp3) is 0.320. The third kappa shape index (κ3) is 5.22. The zero-order valence-corrected chi connectivity index (χ0v) is 18.3. The molecule has 0 fully saturated rings. The van der Waals surface area contributed by atoms with E-state index in [9.17, 15) is 5.26 Å². The normalized spacial score (nSPS) is 13.2.